The van der Waals surface area contributed by atoms with Crippen molar-refractivity contribution in [3.05, 3.63) is 0 Å². The van der Waals surface area contributed by atoms with Crippen LogP contribution in [0, 0.1) is 5.41 Å². The number of rotatable bonds is 6. The van der Waals surface area contributed by atoms with Gasteiger partial charge in [0.05, 0.1) is 6.61 Å². The number of nitrogens with one attached hydrogen (secondary N) is 1. The SMILES string of the molecule is CC.CCCNCC(C)(C)COC. The maximum atomic E-state index is 5.10. The zero-order valence-corrected chi connectivity index (χ0v) is 10.2. The lowest BCUT2D eigenvalue weighted by molar-refractivity contribution is 0.104. The first-order valence-electron chi connectivity index (χ1n) is 5.32. The van der Waals surface area contributed by atoms with E-state index in [1.807, 2.05) is 13.8 Å². The quantitative estimate of drug-likeness (QED) is 0.649. The Morgan fingerprint density at radius 1 is 1.23 bits per heavy atom. The van der Waals surface area contributed by atoms with Crippen LogP contribution < -0.4 is 5.32 Å². The van der Waals surface area contributed by atoms with Crippen molar-refractivity contribution in [1.82, 2.24) is 5.32 Å². The second kappa shape index (κ2) is 10.0. The van der Waals surface area contributed by atoms with E-state index in [2.05, 4.69) is 26.1 Å². The third-order valence-corrected chi connectivity index (χ3v) is 1.57. The summed E-state index contributed by atoms with van der Waals surface area (Å²) < 4.78 is 5.10. The number of hydrogen-bond acceptors (Lipinski definition) is 2. The van der Waals surface area contributed by atoms with Gasteiger partial charge < -0.3 is 10.1 Å². The van der Waals surface area contributed by atoms with Crippen LogP contribution in [0.2, 0.25) is 0 Å². The van der Waals surface area contributed by atoms with E-state index >= 15 is 0 Å². The minimum atomic E-state index is 0.268. The van der Waals surface area contributed by atoms with Crippen LogP contribution in [0.25, 0.3) is 0 Å². The van der Waals surface area contributed by atoms with Gasteiger partial charge in [-0.1, -0.05) is 34.6 Å². The van der Waals surface area contributed by atoms with Crippen LogP contribution >= 0.6 is 0 Å². The van der Waals surface area contributed by atoms with Gasteiger partial charge in [-0.2, -0.15) is 0 Å². The van der Waals surface area contributed by atoms with Crippen molar-refractivity contribution in [3.63, 3.8) is 0 Å². The zero-order valence-electron chi connectivity index (χ0n) is 10.2. The van der Waals surface area contributed by atoms with Gasteiger partial charge in [-0.3, -0.25) is 0 Å². The lowest BCUT2D eigenvalue weighted by Crippen LogP contribution is -2.33. The van der Waals surface area contributed by atoms with Crippen LogP contribution in [0.15, 0.2) is 0 Å². The van der Waals surface area contributed by atoms with Crippen LogP contribution in [0.1, 0.15) is 41.0 Å². The van der Waals surface area contributed by atoms with Gasteiger partial charge in [-0.25, -0.2) is 0 Å². The van der Waals surface area contributed by atoms with Crippen LogP contribution in [-0.2, 0) is 4.74 Å². The first-order chi connectivity index (χ1) is 6.12. The minimum absolute atomic E-state index is 0.268. The first-order valence-corrected chi connectivity index (χ1v) is 5.32. The van der Waals surface area contributed by atoms with Crippen molar-refractivity contribution in [3.8, 4) is 0 Å². The van der Waals surface area contributed by atoms with Gasteiger partial charge in [0, 0.05) is 19.1 Å². The molecule has 0 aliphatic carbocycles. The van der Waals surface area contributed by atoms with E-state index in [4.69, 9.17) is 4.74 Å². The molecule has 0 atom stereocenters. The van der Waals surface area contributed by atoms with E-state index in [0.29, 0.717) is 0 Å². The first kappa shape index (κ1) is 15.4. The van der Waals surface area contributed by atoms with E-state index in [-0.39, 0.29) is 5.41 Å². The highest BCUT2D eigenvalue weighted by molar-refractivity contribution is 4.70. The maximum Gasteiger partial charge on any atom is 0.0525 e. The van der Waals surface area contributed by atoms with Crippen molar-refractivity contribution < 1.29 is 4.74 Å². The molecule has 0 amide bonds. The fourth-order valence-electron chi connectivity index (χ4n) is 1.05. The Morgan fingerprint density at radius 2 is 1.77 bits per heavy atom. The Hall–Kier alpha value is -0.0800. The van der Waals surface area contributed by atoms with Gasteiger partial charge in [-0.05, 0) is 13.0 Å². The van der Waals surface area contributed by atoms with Gasteiger partial charge >= 0.3 is 0 Å². The van der Waals surface area contributed by atoms with Gasteiger partial charge in [0.2, 0.25) is 0 Å². The molecule has 0 heterocycles. The summed E-state index contributed by atoms with van der Waals surface area (Å²) >= 11 is 0. The summed E-state index contributed by atoms with van der Waals surface area (Å²) in [6.45, 7) is 13.6. The minimum Gasteiger partial charge on any atom is -0.384 e. The highest BCUT2D eigenvalue weighted by Gasteiger charge is 2.15. The van der Waals surface area contributed by atoms with E-state index in [9.17, 15) is 0 Å². The number of methoxy groups -OCH3 is 1. The fourth-order valence-corrected chi connectivity index (χ4v) is 1.05. The Bertz CT molecular complexity index is 92.1. The molecule has 2 nitrogen and oxygen atoms in total. The number of ether oxygens (including phenoxy) is 1. The van der Waals surface area contributed by atoms with Crippen LogP contribution in [0.5, 0.6) is 0 Å². The smallest absolute Gasteiger partial charge is 0.0525 e. The van der Waals surface area contributed by atoms with Gasteiger partial charge in [0.25, 0.3) is 0 Å². The Labute approximate surface area is 84.1 Å². The summed E-state index contributed by atoms with van der Waals surface area (Å²) in [6.07, 6.45) is 1.20. The number of hydrogen-bond donors (Lipinski definition) is 1. The van der Waals surface area contributed by atoms with E-state index in [1.165, 1.54) is 6.42 Å². The molecule has 0 aromatic heterocycles. The van der Waals surface area contributed by atoms with Crippen LogP contribution in [-0.4, -0.2) is 26.8 Å². The summed E-state index contributed by atoms with van der Waals surface area (Å²) in [7, 11) is 1.75. The Morgan fingerprint density at radius 3 is 2.15 bits per heavy atom. The van der Waals surface area contributed by atoms with Crippen LogP contribution in [0.3, 0.4) is 0 Å². The van der Waals surface area contributed by atoms with E-state index in [1.54, 1.807) is 7.11 Å². The largest absolute Gasteiger partial charge is 0.384 e. The van der Waals surface area contributed by atoms with Gasteiger partial charge in [0.15, 0.2) is 0 Å². The molecule has 1 N–H and O–H groups in total. The molecule has 0 aromatic rings. The molecular weight excluding hydrogens is 162 g/mol. The Balaban J connectivity index is 0. The highest BCUT2D eigenvalue weighted by Crippen LogP contribution is 2.12. The van der Waals surface area contributed by atoms with Gasteiger partial charge in [-0.15, -0.1) is 0 Å². The standard InChI is InChI=1S/C9H21NO.C2H6/c1-5-6-10-7-9(2,3)8-11-4;1-2/h10H,5-8H2,1-4H3;1-2H3. The van der Waals surface area contributed by atoms with Crippen molar-refractivity contribution >= 4 is 0 Å². The second-order valence-corrected chi connectivity index (χ2v) is 3.77. The molecule has 0 saturated carbocycles. The Kier molecular flexibility index (Phi) is 11.8. The predicted octanol–water partition coefficient (Wildman–Crippen LogP) is 2.68. The molecule has 82 valence electrons. The lowest BCUT2D eigenvalue weighted by Gasteiger charge is -2.23. The molecule has 0 rings (SSSR count). The third-order valence-electron chi connectivity index (χ3n) is 1.57. The van der Waals surface area contributed by atoms with Crippen molar-refractivity contribution in [2.75, 3.05) is 26.8 Å². The highest BCUT2D eigenvalue weighted by atomic mass is 16.5. The molecule has 0 radical (unpaired) electrons. The second-order valence-electron chi connectivity index (χ2n) is 3.77. The normalized spacial score (nSPS) is 10.6. The molecule has 0 aliphatic rings. The average molecular weight is 189 g/mol. The average Bonchev–Trinajstić information content (AvgIpc) is 2.08. The molecule has 0 bridgehead atoms. The monoisotopic (exact) mass is 189 g/mol. The summed E-state index contributed by atoms with van der Waals surface area (Å²) in [5.41, 5.74) is 0.268. The predicted molar refractivity (Wildman–Crippen MR) is 60.2 cm³/mol. The van der Waals surface area contributed by atoms with Crippen molar-refractivity contribution in [1.29, 1.82) is 0 Å². The fraction of sp³-hybridized carbons (Fsp3) is 1.00. The van der Waals surface area contributed by atoms with Crippen LogP contribution in [0.4, 0.5) is 0 Å². The lowest BCUT2D eigenvalue weighted by atomic mass is 9.95. The van der Waals surface area contributed by atoms with Crippen molar-refractivity contribution in [2.24, 2.45) is 5.41 Å². The molecule has 0 spiro atoms. The van der Waals surface area contributed by atoms with Gasteiger partial charge in [0.1, 0.15) is 0 Å². The summed E-state index contributed by atoms with van der Waals surface area (Å²) in [5, 5.41) is 3.38. The topological polar surface area (TPSA) is 21.3 Å². The molecule has 0 fully saturated rings. The zero-order chi connectivity index (χ0) is 10.7. The molecule has 13 heavy (non-hydrogen) atoms. The summed E-state index contributed by atoms with van der Waals surface area (Å²) in [5.74, 6) is 0. The molecular formula is C11H27NO. The molecule has 2 heteroatoms. The van der Waals surface area contributed by atoms with Crippen molar-refractivity contribution in [2.45, 2.75) is 41.0 Å². The summed E-state index contributed by atoms with van der Waals surface area (Å²) in [4.78, 5) is 0. The molecule has 0 saturated heterocycles. The molecule has 0 aliphatic heterocycles. The molecule has 0 aromatic carbocycles. The maximum absolute atomic E-state index is 5.10. The van der Waals surface area contributed by atoms with E-state index in [0.717, 1.165) is 19.7 Å². The molecule has 0 unspecified atom stereocenters. The third kappa shape index (κ3) is 11.9. The summed E-state index contributed by atoms with van der Waals surface area (Å²) in [6, 6.07) is 0. The van der Waals surface area contributed by atoms with E-state index < -0.39 is 0 Å².